The molecule has 0 atom stereocenters. The molecule has 2 aromatic heterocycles. The van der Waals surface area contributed by atoms with E-state index in [9.17, 15) is 4.39 Å². The lowest BCUT2D eigenvalue weighted by Gasteiger charge is -2.10. The normalized spacial score (nSPS) is 10.8. The fraction of sp³-hybridized carbons (Fsp3) is 0.263. The van der Waals surface area contributed by atoms with Crippen molar-refractivity contribution in [1.29, 1.82) is 0 Å². The smallest absolute Gasteiger partial charge is 0.191 e. The van der Waals surface area contributed by atoms with Gasteiger partial charge in [-0.2, -0.15) is 0 Å². The number of ether oxygens (including phenoxy) is 2. The van der Waals surface area contributed by atoms with Crippen LogP contribution in [-0.2, 0) is 5.75 Å². The largest absolute Gasteiger partial charge is 0.493 e. The summed E-state index contributed by atoms with van der Waals surface area (Å²) in [7, 11) is 1.54. The van der Waals surface area contributed by atoms with Crippen molar-refractivity contribution in [3.05, 3.63) is 41.7 Å². The fourth-order valence-electron chi connectivity index (χ4n) is 2.57. The van der Waals surface area contributed by atoms with E-state index in [1.54, 1.807) is 12.1 Å². The number of furan rings is 1. The second kappa shape index (κ2) is 8.83. The number of alkyl halides is 1. The van der Waals surface area contributed by atoms with Crippen molar-refractivity contribution in [2.24, 2.45) is 0 Å². The van der Waals surface area contributed by atoms with Crippen LogP contribution in [0.5, 0.6) is 11.5 Å². The van der Waals surface area contributed by atoms with Gasteiger partial charge in [-0.05, 0) is 31.2 Å². The Morgan fingerprint density at radius 1 is 1.11 bits per heavy atom. The summed E-state index contributed by atoms with van der Waals surface area (Å²) in [5, 5.41) is 0.506. The van der Waals surface area contributed by atoms with Gasteiger partial charge in [0.25, 0.3) is 0 Å². The average Bonchev–Trinajstić information content (AvgIpc) is 3.04. The second-order valence-corrected chi connectivity index (χ2v) is 6.83. The first-order valence-corrected chi connectivity index (χ1v) is 9.48. The van der Waals surface area contributed by atoms with E-state index in [4.69, 9.17) is 25.4 Å². The quantitative estimate of drug-likeness (QED) is 0.430. The highest BCUT2D eigenvalue weighted by atomic mass is 32.2. The Hall–Kier alpha value is -2.94. The van der Waals surface area contributed by atoms with Gasteiger partial charge in [0.1, 0.15) is 36.4 Å². The molecule has 0 saturated carbocycles. The van der Waals surface area contributed by atoms with Gasteiger partial charge >= 0.3 is 0 Å². The van der Waals surface area contributed by atoms with Gasteiger partial charge in [-0.25, -0.2) is 14.4 Å². The number of hydrogen-bond acceptors (Lipinski definition) is 8. The highest BCUT2D eigenvalue weighted by Crippen LogP contribution is 2.35. The third-order valence-corrected chi connectivity index (χ3v) is 4.80. The number of nitrogens with two attached hydrogens (primary N) is 2. The lowest BCUT2D eigenvalue weighted by atomic mass is 10.1. The first-order valence-electron chi connectivity index (χ1n) is 8.49. The summed E-state index contributed by atoms with van der Waals surface area (Å²) in [4.78, 5) is 8.32. The summed E-state index contributed by atoms with van der Waals surface area (Å²) in [5.74, 6) is 3.71. The van der Waals surface area contributed by atoms with Crippen molar-refractivity contribution in [2.45, 2.75) is 17.8 Å². The summed E-state index contributed by atoms with van der Waals surface area (Å²) in [6, 6.07) is 8.85. The molecule has 0 amide bonds. The topological polar surface area (TPSA) is 109 Å². The van der Waals surface area contributed by atoms with Gasteiger partial charge in [0, 0.05) is 22.9 Å². The monoisotopic (exact) mass is 404 g/mol. The number of nitrogen functional groups attached to an aromatic ring is 2. The lowest BCUT2D eigenvalue weighted by molar-refractivity contribution is 0.260. The highest BCUT2D eigenvalue weighted by molar-refractivity contribution is 7.98. The van der Waals surface area contributed by atoms with Crippen LogP contribution < -0.4 is 20.9 Å². The minimum Gasteiger partial charge on any atom is -0.493 e. The molecule has 7 nitrogen and oxygen atoms in total. The van der Waals surface area contributed by atoms with Crippen molar-refractivity contribution >= 4 is 23.4 Å². The van der Waals surface area contributed by atoms with E-state index in [2.05, 4.69) is 9.97 Å². The van der Waals surface area contributed by atoms with Gasteiger partial charge in [-0.3, -0.25) is 0 Å². The van der Waals surface area contributed by atoms with Crippen molar-refractivity contribution in [3.8, 4) is 22.8 Å². The van der Waals surface area contributed by atoms with E-state index in [0.29, 0.717) is 39.8 Å². The minimum absolute atomic E-state index is 0.0395. The van der Waals surface area contributed by atoms with Gasteiger partial charge in [-0.15, -0.1) is 0 Å². The zero-order chi connectivity index (χ0) is 20.1. The molecule has 2 heterocycles. The van der Waals surface area contributed by atoms with Crippen molar-refractivity contribution in [3.63, 3.8) is 0 Å². The van der Waals surface area contributed by atoms with Crippen LogP contribution in [0, 0.1) is 6.92 Å². The summed E-state index contributed by atoms with van der Waals surface area (Å²) >= 11 is 1.42. The maximum atomic E-state index is 12.5. The number of halogens is 1. The van der Waals surface area contributed by atoms with Crippen LogP contribution in [0.1, 0.15) is 11.3 Å². The Morgan fingerprint density at radius 3 is 2.54 bits per heavy atom. The molecule has 1 aromatic carbocycles. The third kappa shape index (κ3) is 4.66. The van der Waals surface area contributed by atoms with E-state index in [1.165, 1.54) is 24.9 Å². The van der Waals surface area contributed by atoms with Crippen LogP contribution in [0.2, 0.25) is 0 Å². The molecule has 0 aliphatic heterocycles. The molecular weight excluding hydrogens is 383 g/mol. The van der Waals surface area contributed by atoms with E-state index in [1.807, 2.05) is 19.1 Å². The molecular formula is C19H21FN4O3S. The molecule has 0 unspecified atom stereocenters. The number of thioether (sulfide) groups is 1. The van der Waals surface area contributed by atoms with E-state index < -0.39 is 6.67 Å². The van der Waals surface area contributed by atoms with Crippen LogP contribution in [-0.4, -0.2) is 30.4 Å². The molecule has 0 saturated heterocycles. The maximum absolute atomic E-state index is 12.5. The van der Waals surface area contributed by atoms with E-state index in [-0.39, 0.29) is 6.61 Å². The molecule has 0 radical (unpaired) electrons. The summed E-state index contributed by atoms with van der Waals surface area (Å²) in [6.45, 7) is 1.27. The Kier molecular flexibility index (Phi) is 6.25. The number of rotatable bonds is 8. The molecule has 9 heteroatoms. The zero-order valence-electron chi connectivity index (χ0n) is 15.6. The molecule has 0 bridgehead atoms. The summed E-state index contributed by atoms with van der Waals surface area (Å²) < 4.78 is 29.0. The van der Waals surface area contributed by atoms with Crippen LogP contribution in [0.15, 0.2) is 39.9 Å². The average molecular weight is 404 g/mol. The fourth-order valence-corrected chi connectivity index (χ4v) is 3.48. The Balaban J connectivity index is 1.79. The van der Waals surface area contributed by atoms with Crippen molar-refractivity contribution in [2.75, 3.05) is 31.9 Å². The van der Waals surface area contributed by atoms with Gasteiger partial charge in [0.15, 0.2) is 16.7 Å². The molecule has 3 rings (SSSR count). The van der Waals surface area contributed by atoms with Gasteiger partial charge in [-0.1, -0.05) is 11.8 Å². The van der Waals surface area contributed by atoms with E-state index in [0.717, 1.165) is 16.9 Å². The van der Waals surface area contributed by atoms with Gasteiger partial charge in [0.2, 0.25) is 0 Å². The molecule has 3 aromatic rings. The summed E-state index contributed by atoms with van der Waals surface area (Å²) in [6.07, 6.45) is 0. The number of aryl methyl sites for hydroxylation is 1. The van der Waals surface area contributed by atoms with Crippen molar-refractivity contribution in [1.82, 2.24) is 9.97 Å². The van der Waals surface area contributed by atoms with Gasteiger partial charge < -0.3 is 25.4 Å². The zero-order valence-corrected chi connectivity index (χ0v) is 16.4. The molecule has 0 aliphatic rings. The third-order valence-electron chi connectivity index (χ3n) is 3.91. The van der Waals surface area contributed by atoms with Crippen LogP contribution in [0.4, 0.5) is 16.0 Å². The molecule has 28 heavy (non-hydrogen) atoms. The molecule has 0 spiro atoms. The Morgan fingerprint density at radius 2 is 1.86 bits per heavy atom. The predicted octanol–water partition coefficient (Wildman–Crippen LogP) is 3.86. The SMILES string of the molecule is COc1ccc(-c2cc(CSc3nc(N)cc(N)n3)c(C)o2)cc1OCCF. The molecule has 4 N–H and O–H groups in total. The number of anilines is 2. The Labute approximate surface area is 166 Å². The number of nitrogens with zero attached hydrogens (tertiary/aromatic N) is 2. The lowest BCUT2D eigenvalue weighted by Crippen LogP contribution is -2.00. The first kappa shape index (κ1) is 19.8. The number of methoxy groups -OCH3 is 1. The number of aromatic nitrogens is 2. The Bertz CT molecular complexity index is 944. The van der Waals surface area contributed by atoms with Crippen LogP contribution >= 0.6 is 11.8 Å². The predicted molar refractivity (Wildman–Crippen MR) is 107 cm³/mol. The number of hydrogen-bond donors (Lipinski definition) is 2. The number of benzene rings is 1. The highest BCUT2D eigenvalue weighted by Gasteiger charge is 2.14. The standard InChI is InChI=1S/C19H21FN4O3S/c1-11-13(10-28-19-23-17(21)9-18(22)24-19)8-15(27-11)12-3-4-14(25-2)16(7-12)26-6-5-20/h3-4,7-9H,5-6,10H2,1-2H3,(H4,21,22,23,24). The minimum atomic E-state index is -0.578. The second-order valence-electron chi connectivity index (χ2n) is 5.88. The molecule has 148 valence electrons. The molecule has 0 fully saturated rings. The maximum Gasteiger partial charge on any atom is 0.191 e. The van der Waals surface area contributed by atoms with Crippen molar-refractivity contribution < 1.29 is 18.3 Å². The first-order chi connectivity index (χ1) is 13.5. The molecule has 0 aliphatic carbocycles. The van der Waals surface area contributed by atoms with Crippen LogP contribution in [0.3, 0.4) is 0 Å². The van der Waals surface area contributed by atoms with E-state index >= 15 is 0 Å². The van der Waals surface area contributed by atoms with Gasteiger partial charge in [0.05, 0.1) is 7.11 Å². The van der Waals surface area contributed by atoms with Crippen LogP contribution in [0.25, 0.3) is 11.3 Å². The summed E-state index contributed by atoms with van der Waals surface area (Å²) in [5.41, 5.74) is 13.2.